The van der Waals surface area contributed by atoms with Crippen molar-refractivity contribution in [3.05, 3.63) is 59.1 Å². The fourth-order valence-electron chi connectivity index (χ4n) is 3.63. The van der Waals surface area contributed by atoms with Crippen molar-refractivity contribution in [1.29, 1.82) is 0 Å². The number of nitrogens with zero attached hydrogens (tertiary/aromatic N) is 2. The van der Waals surface area contributed by atoms with Crippen LogP contribution in [0.2, 0.25) is 5.02 Å². The van der Waals surface area contributed by atoms with Gasteiger partial charge in [0.05, 0.1) is 22.2 Å². The van der Waals surface area contributed by atoms with Gasteiger partial charge in [-0.1, -0.05) is 48.4 Å². The number of rotatable bonds is 8. The Hall–Kier alpha value is -1.93. The Balaban J connectivity index is 1.72. The molecule has 3 rings (SSSR count). The lowest BCUT2D eigenvalue weighted by Crippen LogP contribution is -2.37. The molecule has 0 aliphatic carbocycles. The van der Waals surface area contributed by atoms with Crippen LogP contribution in [0, 0.1) is 0 Å². The molecule has 6 nitrogen and oxygen atoms in total. The number of carbonyl (C=O) groups excluding carboxylic acids is 1. The van der Waals surface area contributed by atoms with E-state index in [9.17, 15) is 13.2 Å². The van der Waals surface area contributed by atoms with Crippen molar-refractivity contribution < 1.29 is 13.2 Å². The Kier molecular flexibility index (Phi) is 8.11. The first-order valence-electron chi connectivity index (χ1n) is 10.6. The Morgan fingerprint density at radius 1 is 1.10 bits per heavy atom. The molecule has 1 aliphatic rings. The van der Waals surface area contributed by atoms with E-state index < -0.39 is 10.0 Å². The number of anilines is 1. The van der Waals surface area contributed by atoms with Gasteiger partial charge in [0.1, 0.15) is 0 Å². The summed E-state index contributed by atoms with van der Waals surface area (Å²) in [5.74, 6) is -0.237. The highest BCUT2D eigenvalue weighted by molar-refractivity contribution is 7.89. The van der Waals surface area contributed by atoms with Crippen LogP contribution in [0.25, 0.3) is 0 Å². The second kappa shape index (κ2) is 10.6. The van der Waals surface area contributed by atoms with Crippen LogP contribution in [0.1, 0.15) is 38.7 Å². The van der Waals surface area contributed by atoms with Crippen LogP contribution in [0.15, 0.2) is 53.4 Å². The van der Waals surface area contributed by atoms with Gasteiger partial charge in [-0.15, -0.1) is 0 Å². The molecule has 0 bridgehead atoms. The summed E-state index contributed by atoms with van der Waals surface area (Å²) in [5.41, 5.74) is 1.44. The van der Waals surface area contributed by atoms with Crippen LogP contribution < -0.4 is 5.32 Å². The molecule has 1 heterocycles. The molecular formula is C23H30ClN3O3S. The summed E-state index contributed by atoms with van der Waals surface area (Å²) in [6.07, 6.45) is 2.77. The van der Waals surface area contributed by atoms with Crippen molar-refractivity contribution in [2.24, 2.45) is 0 Å². The van der Waals surface area contributed by atoms with E-state index in [1.165, 1.54) is 22.5 Å². The highest BCUT2D eigenvalue weighted by Crippen LogP contribution is 2.28. The predicted octanol–water partition coefficient (Wildman–Crippen LogP) is 4.36. The Morgan fingerprint density at radius 2 is 1.77 bits per heavy atom. The number of halogens is 1. The number of hydrogen-bond acceptors (Lipinski definition) is 4. The first-order chi connectivity index (χ1) is 14.8. The topological polar surface area (TPSA) is 69.7 Å². The fraction of sp³-hybridized carbons (Fsp3) is 0.435. The Labute approximate surface area is 190 Å². The quantitative estimate of drug-likeness (QED) is 0.631. The summed E-state index contributed by atoms with van der Waals surface area (Å²) in [6, 6.07) is 14.6. The third-order valence-electron chi connectivity index (χ3n) is 5.47. The van der Waals surface area contributed by atoms with E-state index in [2.05, 4.69) is 5.32 Å². The van der Waals surface area contributed by atoms with E-state index in [0.29, 0.717) is 30.3 Å². The van der Waals surface area contributed by atoms with Gasteiger partial charge in [0.2, 0.25) is 15.9 Å². The average molecular weight is 464 g/mol. The second-order valence-corrected chi connectivity index (χ2v) is 10.5. The molecule has 1 saturated heterocycles. The zero-order valence-corrected chi connectivity index (χ0v) is 19.6. The van der Waals surface area contributed by atoms with Gasteiger partial charge >= 0.3 is 0 Å². The molecular weight excluding hydrogens is 434 g/mol. The number of carbonyl (C=O) groups is 1. The van der Waals surface area contributed by atoms with Crippen molar-refractivity contribution in [1.82, 2.24) is 9.21 Å². The summed E-state index contributed by atoms with van der Waals surface area (Å²) in [7, 11) is -3.60. The van der Waals surface area contributed by atoms with Crippen LogP contribution in [-0.4, -0.2) is 49.2 Å². The van der Waals surface area contributed by atoms with Crippen LogP contribution in [0.4, 0.5) is 5.69 Å². The zero-order valence-electron chi connectivity index (χ0n) is 18.1. The molecule has 0 aromatic heterocycles. The van der Waals surface area contributed by atoms with Crippen molar-refractivity contribution in [3.63, 3.8) is 0 Å². The lowest BCUT2D eigenvalue weighted by Gasteiger charge is -2.27. The molecule has 0 unspecified atom stereocenters. The number of amides is 1. The number of benzene rings is 2. The molecule has 0 radical (unpaired) electrons. The van der Waals surface area contributed by atoms with Crippen LogP contribution >= 0.6 is 11.6 Å². The van der Waals surface area contributed by atoms with Crippen molar-refractivity contribution in [3.8, 4) is 0 Å². The van der Waals surface area contributed by atoms with Gasteiger partial charge in [0.25, 0.3) is 0 Å². The molecule has 0 atom stereocenters. The number of sulfonamides is 1. The van der Waals surface area contributed by atoms with Gasteiger partial charge < -0.3 is 5.32 Å². The SMILES string of the molecule is CC(C)N(CC(=O)Nc1cc(S(=O)(=O)N2CCCCC2)ccc1Cl)Cc1ccccc1. The lowest BCUT2D eigenvalue weighted by molar-refractivity contribution is -0.117. The van der Waals surface area contributed by atoms with E-state index in [0.717, 1.165) is 24.8 Å². The minimum Gasteiger partial charge on any atom is -0.324 e. The van der Waals surface area contributed by atoms with Gasteiger partial charge in [0, 0.05) is 25.7 Å². The van der Waals surface area contributed by atoms with E-state index in [-0.39, 0.29) is 23.4 Å². The third-order valence-corrected chi connectivity index (χ3v) is 7.69. The molecule has 0 saturated carbocycles. The van der Waals surface area contributed by atoms with Crippen molar-refractivity contribution in [2.45, 2.75) is 50.6 Å². The standard InChI is InChI=1S/C23H30ClN3O3S/c1-18(2)26(16-19-9-5-3-6-10-19)17-23(28)25-22-15-20(11-12-21(22)24)31(29,30)27-13-7-4-8-14-27/h3,5-6,9-12,15,18H,4,7-8,13-14,16-17H2,1-2H3,(H,25,28). The maximum Gasteiger partial charge on any atom is 0.243 e. The average Bonchev–Trinajstić information content (AvgIpc) is 2.76. The Bertz CT molecular complexity index is 990. The molecule has 1 amide bonds. The fourth-order valence-corrected chi connectivity index (χ4v) is 5.34. The highest BCUT2D eigenvalue weighted by atomic mass is 35.5. The molecule has 168 valence electrons. The van der Waals surface area contributed by atoms with E-state index in [1.54, 1.807) is 0 Å². The summed E-state index contributed by atoms with van der Waals surface area (Å²) in [6.45, 7) is 5.93. The number of piperidine rings is 1. The number of hydrogen-bond donors (Lipinski definition) is 1. The van der Waals surface area contributed by atoms with Crippen LogP contribution in [0.5, 0.6) is 0 Å². The minimum atomic E-state index is -3.60. The van der Waals surface area contributed by atoms with E-state index >= 15 is 0 Å². The molecule has 1 fully saturated rings. The maximum absolute atomic E-state index is 13.0. The molecule has 1 N–H and O–H groups in total. The molecule has 0 spiro atoms. The number of nitrogens with one attached hydrogen (secondary N) is 1. The molecule has 8 heteroatoms. The maximum atomic E-state index is 13.0. The third kappa shape index (κ3) is 6.29. The largest absolute Gasteiger partial charge is 0.324 e. The second-order valence-electron chi connectivity index (χ2n) is 8.14. The summed E-state index contributed by atoms with van der Waals surface area (Å²) >= 11 is 6.27. The zero-order chi connectivity index (χ0) is 22.4. The smallest absolute Gasteiger partial charge is 0.243 e. The summed E-state index contributed by atoms with van der Waals surface area (Å²) < 4.78 is 27.4. The summed E-state index contributed by atoms with van der Waals surface area (Å²) in [5, 5.41) is 3.11. The molecule has 31 heavy (non-hydrogen) atoms. The van der Waals surface area contributed by atoms with E-state index in [1.807, 2.05) is 49.1 Å². The van der Waals surface area contributed by atoms with Gasteiger partial charge in [-0.05, 0) is 50.5 Å². The monoisotopic (exact) mass is 463 g/mol. The highest BCUT2D eigenvalue weighted by Gasteiger charge is 2.27. The van der Waals surface area contributed by atoms with Gasteiger partial charge in [0.15, 0.2) is 0 Å². The normalized spacial score (nSPS) is 15.4. The van der Waals surface area contributed by atoms with Gasteiger partial charge in [-0.3, -0.25) is 9.69 Å². The van der Waals surface area contributed by atoms with Crippen molar-refractivity contribution in [2.75, 3.05) is 25.0 Å². The van der Waals surface area contributed by atoms with Gasteiger partial charge in [-0.2, -0.15) is 4.31 Å². The van der Waals surface area contributed by atoms with Crippen LogP contribution in [0.3, 0.4) is 0 Å². The minimum absolute atomic E-state index is 0.152. The van der Waals surface area contributed by atoms with Crippen molar-refractivity contribution >= 4 is 33.2 Å². The Morgan fingerprint density at radius 3 is 2.42 bits per heavy atom. The lowest BCUT2D eigenvalue weighted by atomic mass is 10.2. The predicted molar refractivity (Wildman–Crippen MR) is 125 cm³/mol. The van der Waals surface area contributed by atoms with E-state index in [4.69, 9.17) is 11.6 Å². The molecule has 2 aromatic rings. The van der Waals surface area contributed by atoms with Gasteiger partial charge in [-0.25, -0.2) is 8.42 Å². The first kappa shape index (κ1) is 23.7. The molecule has 2 aromatic carbocycles. The summed E-state index contributed by atoms with van der Waals surface area (Å²) in [4.78, 5) is 15.0. The first-order valence-corrected chi connectivity index (χ1v) is 12.5. The van der Waals surface area contributed by atoms with Crippen LogP contribution in [-0.2, 0) is 21.4 Å². The molecule has 1 aliphatic heterocycles.